The molecule has 2 heterocycles. The molecule has 8 heteroatoms. The molecule has 0 bridgehead atoms. The molecule has 2 atom stereocenters. The normalized spacial score (nSPS) is 23.8. The Morgan fingerprint density at radius 3 is 2.34 bits per heavy atom. The van der Waals surface area contributed by atoms with Crippen LogP contribution in [0, 0.1) is 5.82 Å². The maximum absolute atomic E-state index is 13.2. The molecule has 0 aromatic heterocycles. The molecule has 2 aromatic rings. The van der Waals surface area contributed by atoms with Gasteiger partial charge in [-0.3, -0.25) is 9.69 Å². The van der Waals surface area contributed by atoms with E-state index in [-0.39, 0.29) is 35.8 Å². The number of benzene rings is 2. The SMILES string of the molecule is CCOc1ccc(N2C(=O)CN(Cc3ccc(F)cc3)[C@H]3CS(=O)(=O)C[C@H]32)cc1. The molecule has 2 aliphatic rings. The Bertz CT molecular complexity index is 992. The molecule has 0 radical (unpaired) electrons. The molecule has 29 heavy (non-hydrogen) atoms. The van der Waals surface area contributed by atoms with E-state index in [1.807, 2.05) is 11.8 Å². The number of anilines is 1. The summed E-state index contributed by atoms with van der Waals surface area (Å²) >= 11 is 0. The third kappa shape index (κ3) is 4.13. The van der Waals surface area contributed by atoms with Crippen LogP contribution >= 0.6 is 0 Å². The minimum Gasteiger partial charge on any atom is -0.494 e. The summed E-state index contributed by atoms with van der Waals surface area (Å²) in [6, 6.07) is 12.5. The van der Waals surface area contributed by atoms with Gasteiger partial charge in [-0.2, -0.15) is 0 Å². The molecule has 6 nitrogen and oxygen atoms in total. The van der Waals surface area contributed by atoms with Gasteiger partial charge in [-0.15, -0.1) is 0 Å². The van der Waals surface area contributed by atoms with E-state index in [0.29, 0.717) is 24.6 Å². The van der Waals surface area contributed by atoms with E-state index < -0.39 is 15.9 Å². The molecule has 0 saturated carbocycles. The summed E-state index contributed by atoms with van der Waals surface area (Å²) in [5, 5.41) is 0. The fourth-order valence-electron chi connectivity index (χ4n) is 4.16. The second kappa shape index (κ2) is 7.76. The number of carbonyl (C=O) groups excluding carboxylic acids is 1. The van der Waals surface area contributed by atoms with Gasteiger partial charge in [0.2, 0.25) is 5.91 Å². The van der Waals surface area contributed by atoms with Crippen molar-refractivity contribution in [3.63, 3.8) is 0 Å². The van der Waals surface area contributed by atoms with Gasteiger partial charge in [-0.25, -0.2) is 12.8 Å². The van der Waals surface area contributed by atoms with Gasteiger partial charge in [0, 0.05) is 18.3 Å². The Morgan fingerprint density at radius 2 is 1.69 bits per heavy atom. The van der Waals surface area contributed by atoms with Crippen molar-refractivity contribution in [2.45, 2.75) is 25.6 Å². The van der Waals surface area contributed by atoms with Gasteiger partial charge < -0.3 is 9.64 Å². The van der Waals surface area contributed by atoms with E-state index in [9.17, 15) is 17.6 Å². The van der Waals surface area contributed by atoms with Crippen molar-refractivity contribution in [3.8, 4) is 5.75 Å². The van der Waals surface area contributed by atoms with E-state index in [0.717, 1.165) is 5.56 Å². The summed E-state index contributed by atoms with van der Waals surface area (Å²) in [4.78, 5) is 16.5. The van der Waals surface area contributed by atoms with Gasteiger partial charge >= 0.3 is 0 Å². The van der Waals surface area contributed by atoms with Crippen LogP contribution in [0.3, 0.4) is 0 Å². The minimum absolute atomic E-state index is 0.0136. The van der Waals surface area contributed by atoms with Crippen molar-refractivity contribution >= 4 is 21.4 Å². The van der Waals surface area contributed by atoms with E-state index in [2.05, 4.69) is 0 Å². The van der Waals surface area contributed by atoms with Gasteiger partial charge in [-0.05, 0) is 48.9 Å². The van der Waals surface area contributed by atoms with Gasteiger partial charge in [0.15, 0.2) is 9.84 Å². The van der Waals surface area contributed by atoms with Crippen molar-refractivity contribution in [1.29, 1.82) is 0 Å². The molecule has 2 aliphatic heterocycles. The number of sulfone groups is 1. The maximum atomic E-state index is 13.2. The quantitative estimate of drug-likeness (QED) is 0.745. The van der Waals surface area contributed by atoms with E-state index >= 15 is 0 Å². The molecule has 2 saturated heterocycles. The topological polar surface area (TPSA) is 66.9 Å². The van der Waals surface area contributed by atoms with Crippen LogP contribution in [0.1, 0.15) is 12.5 Å². The van der Waals surface area contributed by atoms with Crippen LogP contribution < -0.4 is 9.64 Å². The van der Waals surface area contributed by atoms with Crippen LogP contribution in [0.4, 0.5) is 10.1 Å². The maximum Gasteiger partial charge on any atom is 0.241 e. The van der Waals surface area contributed by atoms with Crippen LogP contribution in [0.15, 0.2) is 48.5 Å². The zero-order chi connectivity index (χ0) is 20.6. The number of nitrogens with zero attached hydrogens (tertiary/aromatic N) is 2. The Kier molecular flexibility index (Phi) is 5.31. The summed E-state index contributed by atoms with van der Waals surface area (Å²) in [6.07, 6.45) is 0. The van der Waals surface area contributed by atoms with Gasteiger partial charge in [0.1, 0.15) is 11.6 Å². The molecule has 2 fully saturated rings. The van der Waals surface area contributed by atoms with Gasteiger partial charge in [0.25, 0.3) is 0 Å². The lowest BCUT2D eigenvalue weighted by atomic mass is 10.0. The second-order valence-electron chi connectivity index (χ2n) is 7.43. The highest BCUT2D eigenvalue weighted by Gasteiger charge is 2.49. The first-order chi connectivity index (χ1) is 13.9. The number of piperazine rings is 1. The predicted molar refractivity (Wildman–Crippen MR) is 108 cm³/mol. The van der Waals surface area contributed by atoms with Crippen molar-refractivity contribution in [1.82, 2.24) is 4.90 Å². The smallest absolute Gasteiger partial charge is 0.241 e. The van der Waals surface area contributed by atoms with Crippen molar-refractivity contribution in [2.24, 2.45) is 0 Å². The van der Waals surface area contributed by atoms with Crippen LogP contribution in [-0.2, 0) is 21.2 Å². The number of halogens is 1. The first-order valence-corrected chi connectivity index (χ1v) is 11.4. The first-order valence-electron chi connectivity index (χ1n) is 9.60. The summed E-state index contributed by atoms with van der Waals surface area (Å²) in [7, 11) is -3.26. The van der Waals surface area contributed by atoms with Gasteiger partial charge in [-0.1, -0.05) is 12.1 Å². The molecule has 0 unspecified atom stereocenters. The molecule has 0 aliphatic carbocycles. The Hall–Kier alpha value is -2.45. The standard InChI is InChI=1S/C21H23FN2O4S/c1-2-28-18-9-7-17(8-10-18)24-20-14-29(26,27)13-19(20)23(12-21(24)25)11-15-3-5-16(22)6-4-15/h3-10,19-20H,2,11-14H2,1H3/t19-,20+/m0/s1. The fraction of sp³-hybridized carbons (Fsp3) is 0.381. The van der Waals surface area contributed by atoms with Crippen LogP contribution in [0.5, 0.6) is 5.75 Å². The number of carbonyl (C=O) groups is 1. The molecular weight excluding hydrogens is 395 g/mol. The summed E-state index contributed by atoms with van der Waals surface area (Å²) < 4.78 is 43.5. The minimum atomic E-state index is -3.26. The monoisotopic (exact) mass is 418 g/mol. The summed E-state index contributed by atoms with van der Waals surface area (Å²) in [6.45, 7) is 2.95. The number of hydrogen-bond donors (Lipinski definition) is 0. The van der Waals surface area contributed by atoms with E-state index in [1.54, 1.807) is 41.3 Å². The van der Waals surface area contributed by atoms with Crippen molar-refractivity contribution < 1.29 is 22.3 Å². The average Bonchev–Trinajstić information content (AvgIpc) is 3.00. The highest BCUT2D eigenvalue weighted by atomic mass is 32.2. The molecular formula is C21H23FN2O4S. The predicted octanol–water partition coefficient (Wildman–Crippen LogP) is 2.24. The fourth-order valence-corrected chi connectivity index (χ4v) is 6.14. The zero-order valence-electron chi connectivity index (χ0n) is 16.1. The lowest BCUT2D eigenvalue weighted by Crippen LogP contribution is -2.61. The Morgan fingerprint density at radius 1 is 1.03 bits per heavy atom. The average molecular weight is 418 g/mol. The third-order valence-electron chi connectivity index (χ3n) is 5.43. The molecule has 0 spiro atoms. The van der Waals surface area contributed by atoms with Crippen LogP contribution in [0.25, 0.3) is 0 Å². The number of rotatable bonds is 5. The number of ether oxygens (including phenoxy) is 1. The second-order valence-corrected chi connectivity index (χ2v) is 9.59. The lowest BCUT2D eigenvalue weighted by molar-refractivity contribution is -0.123. The molecule has 154 valence electrons. The van der Waals surface area contributed by atoms with Gasteiger partial charge in [0.05, 0.1) is 30.7 Å². The Labute approximate surface area is 169 Å². The van der Waals surface area contributed by atoms with Crippen molar-refractivity contribution in [2.75, 3.05) is 29.6 Å². The largest absolute Gasteiger partial charge is 0.494 e. The molecule has 4 rings (SSSR count). The molecule has 2 aromatic carbocycles. The van der Waals surface area contributed by atoms with Crippen molar-refractivity contribution in [3.05, 3.63) is 59.9 Å². The summed E-state index contributed by atoms with van der Waals surface area (Å²) in [5.41, 5.74) is 1.52. The lowest BCUT2D eigenvalue weighted by Gasteiger charge is -2.43. The first kappa shape index (κ1) is 19.8. The van der Waals surface area contributed by atoms with Crippen LogP contribution in [-0.4, -0.2) is 56.0 Å². The highest BCUT2D eigenvalue weighted by molar-refractivity contribution is 7.91. The van der Waals surface area contributed by atoms with E-state index in [4.69, 9.17) is 4.74 Å². The third-order valence-corrected chi connectivity index (χ3v) is 7.12. The Balaban J connectivity index is 1.61. The zero-order valence-corrected chi connectivity index (χ0v) is 16.9. The highest BCUT2D eigenvalue weighted by Crippen LogP contribution is 2.33. The number of hydrogen-bond acceptors (Lipinski definition) is 5. The number of fused-ring (bicyclic) bond motifs is 1. The van der Waals surface area contributed by atoms with Crippen LogP contribution in [0.2, 0.25) is 0 Å². The molecule has 1 amide bonds. The summed E-state index contributed by atoms with van der Waals surface area (Å²) in [5.74, 6) is 0.186. The number of amides is 1. The molecule has 0 N–H and O–H groups in total. The van der Waals surface area contributed by atoms with E-state index in [1.165, 1.54) is 12.1 Å².